The first kappa shape index (κ1) is 12.8. The topological polar surface area (TPSA) is 51.5 Å². The molecule has 0 radical (unpaired) electrons. The summed E-state index contributed by atoms with van der Waals surface area (Å²) in [6.07, 6.45) is 0.923. The lowest BCUT2D eigenvalue weighted by Crippen LogP contribution is -2.38. The Labute approximate surface area is 117 Å². The minimum Gasteiger partial charge on any atom is -0.480 e. The van der Waals surface area contributed by atoms with Crippen LogP contribution in [-0.4, -0.2) is 18.6 Å². The molecule has 1 N–H and O–H groups in total. The maximum absolute atomic E-state index is 12.0. The van der Waals surface area contributed by atoms with E-state index >= 15 is 0 Å². The number of hydrogen-bond acceptors (Lipinski definition) is 3. The van der Waals surface area contributed by atoms with Gasteiger partial charge in [0.05, 0.1) is 0 Å². The van der Waals surface area contributed by atoms with Crippen molar-refractivity contribution in [1.29, 1.82) is 0 Å². The van der Waals surface area contributed by atoms with E-state index in [4.69, 9.17) is 9.15 Å². The summed E-state index contributed by atoms with van der Waals surface area (Å²) in [5, 5.41) is 2.89. The number of carbonyl (C=O) groups is 1. The summed E-state index contributed by atoms with van der Waals surface area (Å²) in [7, 11) is 0. The van der Waals surface area contributed by atoms with E-state index in [9.17, 15) is 4.79 Å². The van der Waals surface area contributed by atoms with Gasteiger partial charge in [0, 0.05) is 19.4 Å². The van der Waals surface area contributed by atoms with Crippen LogP contribution in [-0.2, 0) is 17.6 Å². The Hall–Kier alpha value is -2.23. The van der Waals surface area contributed by atoms with Gasteiger partial charge in [-0.25, -0.2) is 0 Å². The second kappa shape index (κ2) is 5.41. The highest BCUT2D eigenvalue weighted by Gasteiger charge is 2.28. The Kier molecular flexibility index (Phi) is 3.46. The Morgan fingerprint density at radius 2 is 2.15 bits per heavy atom. The Morgan fingerprint density at radius 3 is 2.90 bits per heavy atom. The van der Waals surface area contributed by atoms with E-state index < -0.39 is 6.10 Å². The van der Waals surface area contributed by atoms with Gasteiger partial charge in [-0.15, -0.1) is 0 Å². The van der Waals surface area contributed by atoms with Gasteiger partial charge >= 0.3 is 0 Å². The van der Waals surface area contributed by atoms with Crippen LogP contribution in [0.4, 0.5) is 0 Å². The van der Waals surface area contributed by atoms with Gasteiger partial charge in [-0.05, 0) is 30.7 Å². The molecule has 1 aliphatic heterocycles. The van der Waals surface area contributed by atoms with E-state index in [1.54, 1.807) is 0 Å². The molecule has 4 nitrogen and oxygen atoms in total. The summed E-state index contributed by atoms with van der Waals surface area (Å²) in [5.74, 6) is 2.53. The van der Waals surface area contributed by atoms with Crippen molar-refractivity contribution < 1.29 is 13.9 Å². The highest BCUT2D eigenvalue weighted by Crippen LogP contribution is 2.28. The molecule has 0 spiro atoms. The zero-order valence-electron chi connectivity index (χ0n) is 11.4. The van der Waals surface area contributed by atoms with Crippen LogP contribution >= 0.6 is 0 Å². The molecule has 1 aliphatic rings. The lowest BCUT2D eigenvalue weighted by molar-refractivity contribution is -0.127. The van der Waals surface area contributed by atoms with E-state index in [1.807, 2.05) is 43.3 Å². The van der Waals surface area contributed by atoms with Gasteiger partial charge in [0.15, 0.2) is 6.10 Å². The van der Waals surface area contributed by atoms with E-state index in [1.165, 1.54) is 0 Å². The molecule has 3 rings (SSSR count). The van der Waals surface area contributed by atoms with Crippen LogP contribution in [0.1, 0.15) is 17.1 Å². The number of aryl methyl sites for hydroxylation is 1. The number of benzene rings is 1. The number of amides is 1. The monoisotopic (exact) mass is 271 g/mol. The molecule has 0 fully saturated rings. The van der Waals surface area contributed by atoms with Crippen molar-refractivity contribution in [3.63, 3.8) is 0 Å². The maximum atomic E-state index is 12.0. The average molecular weight is 271 g/mol. The fourth-order valence-corrected chi connectivity index (χ4v) is 2.37. The van der Waals surface area contributed by atoms with Crippen LogP contribution < -0.4 is 10.1 Å². The predicted molar refractivity (Wildman–Crippen MR) is 74.7 cm³/mol. The first-order valence-electron chi connectivity index (χ1n) is 6.80. The molecule has 0 unspecified atom stereocenters. The summed E-state index contributed by atoms with van der Waals surface area (Å²) in [6, 6.07) is 11.6. The molecule has 0 saturated carbocycles. The van der Waals surface area contributed by atoms with Gasteiger partial charge < -0.3 is 14.5 Å². The van der Waals surface area contributed by atoms with Gasteiger partial charge in [0.2, 0.25) is 0 Å². The summed E-state index contributed by atoms with van der Waals surface area (Å²) >= 11 is 0. The normalized spacial score (nSPS) is 16.6. The van der Waals surface area contributed by atoms with Crippen molar-refractivity contribution >= 4 is 5.91 Å². The van der Waals surface area contributed by atoms with Crippen molar-refractivity contribution in [2.45, 2.75) is 25.9 Å². The summed E-state index contributed by atoms with van der Waals surface area (Å²) in [6.45, 7) is 2.47. The zero-order chi connectivity index (χ0) is 13.9. The first-order valence-corrected chi connectivity index (χ1v) is 6.80. The minimum atomic E-state index is -0.411. The van der Waals surface area contributed by atoms with Crippen molar-refractivity contribution in [3.8, 4) is 5.75 Å². The number of hydrogen-bond donors (Lipinski definition) is 1. The molecule has 4 heteroatoms. The van der Waals surface area contributed by atoms with Gasteiger partial charge in [-0.2, -0.15) is 0 Å². The number of ether oxygens (including phenoxy) is 1. The van der Waals surface area contributed by atoms with Crippen LogP contribution in [0.3, 0.4) is 0 Å². The van der Waals surface area contributed by atoms with Crippen molar-refractivity contribution in [2.75, 3.05) is 6.54 Å². The number of rotatable bonds is 4. The number of fused-ring (bicyclic) bond motifs is 1. The van der Waals surface area contributed by atoms with Crippen molar-refractivity contribution in [3.05, 3.63) is 53.5 Å². The minimum absolute atomic E-state index is 0.0653. The molecule has 0 bridgehead atoms. The lowest BCUT2D eigenvalue weighted by Gasteiger charge is -2.10. The van der Waals surface area contributed by atoms with E-state index in [0.29, 0.717) is 19.4 Å². The highest BCUT2D eigenvalue weighted by atomic mass is 16.5. The molecule has 104 valence electrons. The Bertz CT molecular complexity index is 593. The third-order valence-electron chi connectivity index (χ3n) is 3.41. The Morgan fingerprint density at radius 1 is 1.30 bits per heavy atom. The molecule has 1 aromatic carbocycles. The van der Waals surface area contributed by atoms with Crippen LogP contribution in [0.15, 0.2) is 40.8 Å². The average Bonchev–Trinajstić information content (AvgIpc) is 3.04. The van der Waals surface area contributed by atoms with Gasteiger partial charge in [0.25, 0.3) is 5.91 Å². The summed E-state index contributed by atoms with van der Waals surface area (Å²) < 4.78 is 11.1. The molecule has 0 aliphatic carbocycles. The standard InChI is InChI=1S/C16H17NO3/c1-11-6-7-13(19-11)8-9-17-16(18)15-10-12-4-2-3-5-14(12)20-15/h2-7,15H,8-10H2,1H3,(H,17,18)/t15-/m0/s1. The van der Waals surface area contributed by atoms with Crippen LogP contribution in [0.25, 0.3) is 0 Å². The van der Waals surface area contributed by atoms with E-state index in [0.717, 1.165) is 22.8 Å². The fourth-order valence-electron chi connectivity index (χ4n) is 2.37. The molecule has 2 aromatic rings. The second-order valence-electron chi connectivity index (χ2n) is 4.97. The van der Waals surface area contributed by atoms with Crippen molar-refractivity contribution in [2.24, 2.45) is 0 Å². The highest BCUT2D eigenvalue weighted by molar-refractivity contribution is 5.82. The smallest absolute Gasteiger partial charge is 0.261 e. The largest absolute Gasteiger partial charge is 0.480 e. The quantitative estimate of drug-likeness (QED) is 0.928. The van der Waals surface area contributed by atoms with Gasteiger partial charge in [-0.1, -0.05) is 18.2 Å². The molecule has 1 aromatic heterocycles. The van der Waals surface area contributed by atoms with Gasteiger partial charge in [-0.3, -0.25) is 4.79 Å². The SMILES string of the molecule is Cc1ccc(CCNC(=O)[C@@H]2Cc3ccccc3O2)o1. The van der Waals surface area contributed by atoms with E-state index in [-0.39, 0.29) is 5.91 Å². The lowest BCUT2D eigenvalue weighted by atomic mass is 10.1. The zero-order valence-corrected chi connectivity index (χ0v) is 11.4. The third-order valence-corrected chi connectivity index (χ3v) is 3.41. The first-order chi connectivity index (χ1) is 9.72. The third kappa shape index (κ3) is 2.69. The summed E-state index contributed by atoms with van der Waals surface area (Å²) in [4.78, 5) is 12.0. The van der Waals surface area contributed by atoms with E-state index in [2.05, 4.69) is 5.32 Å². The van der Waals surface area contributed by atoms with Crippen LogP contribution in [0.2, 0.25) is 0 Å². The predicted octanol–water partition coefficient (Wildman–Crippen LogP) is 2.25. The number of carbonyl (C=O) groups excluding carboxylic acids is 1. The van der Waals surface area contributed by atoms with Gasteiger partial charge in [0.1, 0.15) is 17.3 Å². The second-order valence-corrected chi connectivity index (χ2v) is 4.97. The molecule has 0 saturated heterocycles. The molecule has 1 atom stereocenters. The van der Waals surface area contributed by atoms with Crippen LogP contribution in [0.5, 0.6) is 5.75 Å². The maximum Gasteiger partial charge on any atom is 0.261 e. The molecule has 2 heterocycles. The molecular weight excluding hydrogens is 254 g/mol. The van der Waals surface area contributed by atoms with Crippen LogP contribution in [0, 0.1) is 6.92 Å². The number of furan rings is 1. The Balaban J connectivity index is 1.49. The number of para-hydroxylation sites is 1. The van der Waals surface area contributed by atoms with Crippen molar-refractivity contribution in [1.82, 2.24) is 5.32 Å². The molecular formula is C16H17NO3. The molecule has 20 heavy (non-hydrogen) atoms. The fraction of sp³-hybridized carbons (Fsp3) is 0.312. The molecule has 1 amide bonds. The number of nitrogens with one attached hydrogen (secondary N) is 1. The summed E-state index contributed by atoms with van der Waals surface area (Å²) in [5.41, 5.74) is 1.09.